The number of hydrogen-bond acceptors (Lipinski definition) is 5. The Morgan fingerprint density at radius 3 is 2.59 bits per heavy atom. The van der Waals surface area contributed by atoms with Crippen molar-refractivity contribution in [3.63, 3.8) is 0 Å². The minimum absolute atomic E-state index is 0.0277. The third kappa shape index (κ3) is 5.68. The molecule has 1 unspecified atom stereocenters. The van der Waals surface area contributed by atoms with E-state index in [2.05, 4.69) is 15.6 Å². The van der Waals surface area contributed by atoms with Gasteiger partial charge >= 0.3 is 0 Å². The van der Waals surface area contributed by atoms with Crippen molar-refractivity contribution in [2.45, 2.75) is 18.9 Å². The van der Waals surface area contributed by atoms with Gasteiger partial charge in [0.15, 0.2) is 11.5 Å². The average Bonchev–Trinajstić information content (AvgIpc) is 3.26. The fourth-order valence-corrected chi connectivity index (χ4v) is 2.92. The second-order valence-electron chi connectivity index (χ2n) is 6.48. The van der Waals surface area contributed by atoms with Crippen molar-refractivity contribution in [2.24, 2.45) is 4.99 Å². The summed E-state index contributed by atoms with van der Waals surface area (Å²) in [7, 11) is 3.10. The van der Waals surface area contributed by atoms with Gasteiger partial charge < -0.3 is 19.5 Å². The quantitative estimate of drug-likeness (QED) is 0.574. The van der Waals surface area contributed by atoms with Crippen LogP contribution in [0.1, 0.15) is 23.2 Å². The van der Waals surface area contributed by atoms with Gasteiger partial charge in [0.05, 0.1) is 26.9 Å². The largest absolute Gasteiger partial charge is 0.493 e. The van der Waals surface area contributed by atoms with Crippen molar-refractivity contribution >= 4 is 17.6 Å². The Bertz CT molecular complexity index is 865. The van der Waals surface area contributed by atoms with Crippen LogP contribution >= 0.6 is 0 Å². The predicted octanol–water partition coefficient (Wildman–Crippen LogP) is 3.22. The van der Waals surface area contributed by atoms with Crippen molar-refractivity contribution in [3.05, 3.63) is 53.8 Å². The van der Waals surface area contributed by atoms with Gasteiger partial charge in [0.25, 0.3) is 5.91 Å². The topological polar surface area (TPSA) is 81.2 Å². The highest BCUT2D eigenvalue weighted by Crippen LogP contribution is 2.29. The number of nitrogens with one attached hydrogen (secondary N) is 2. The Morgan fingerprint density at radius 1 is 1.17 bits per heavy atom. The van der Waals surface area contributed by atoms with E-state index in [4.69, 9.17) is 14.2 Å². The molecule has 1 aliphatic rings. The molecule has 1 heterocycles. The molecule has 1 fully saturated rings. The number of carbonyl (C=O) groups is 1. The molecule has 2 aromatic rings. The molecule has 0 aliphatic carbocycles. The molecular weight excluding hydrogens is 377 g/mol. The van der Waals surface area contributed by atoms with Crippen LogP contribution in [0.4, 0.5) is 10.1 Å². The van der Waals surface area contributed by atoms with Crippen molar-refractivity contribution in [2.75, 3.05) is 32.7 Å². The van der Waals surface area contributed by atoms with E-state index in [1.54, 1.807) is 32.4 Å². The van der Waals surface area contributed by atoms with Crippen molar-refractivity contribution in [1.29, 1.82) is 0 Å². The first kappa shape index (κ1) is 20.6. The Morgan fingerprint density at radius 2 is 1.93 bits per heavy atom. The maximum absolute atomic E-state index is 13.1. The van der Waals surface area contributed by atoms with E-state index < -0.39 is 11.7 Å². The van der Waals surface area contributed by atoms with Gasteiger partial charge in [0, 0.05) is 23.9 Å². The lowest BCUT2D eigenvalue weighted by molar-refractivity contribution is 0.0975. The molecule has 29 heavy (non-hydrogen) atoms. The maximum Gasteiger partial charge on any atom is 0.257 e. The SMILES string of the molecule is COc1ccc(NC(=NCC2CCCO2)NC(=O)c2ccc(F)cc2)cc1OC. The zero-order valence-corrected chi connectivity index (χ0v) is 16.4. The first-order chi connectivity index (χ1) is 14.1. The lowest BCUT2D eigenvalue weighted by Crippen LogP contribution is -2.36. The van der Waals surface area contributed by atoms with Gasteiger partial charge in [-0.25, -0.2) is 9.38 Å². The Hall–Kier alpha value is -3.13. The lowest BCUT2D eigenvalue weighted by atomic mass is 10.2. The highest BCUT2D eigenvalue weighted by Gasteiger charge is 2.16. The Balaban J connectivity index is 1.77. The van der Waals surface area contributed by atoms with E-state index in [9.17, 15) is 9.18 Å². The number of amides is 1. The number of hydrogen-bond donors (Lipinski definition) is 2. The van der Waals surface area contributed by atoms with Crippen LogP contribution < -0.4 is 20.1 Å². The summed E-state index contributed by atoms with van der Waals surface area (Å²) in [5.74, 6) is 0.593. The predicted molar refractivity (Wildman–Crippen MR) is 108 cm³/mol. The molecule has 1 aliphatic heterocycles. The summed E-state index contributed by atoms with van der Waals surface area (Å²) in [5, 5.41) is 5.84. The molecule has 0 saturated carbocycles. The van der Waals surface area contributed by atoms with Gasteiger partial charge in [0.2, 0.25) is 5.96 Å². The second-order valence-corrected chi connectivity index (χ2v) is 6.48. The zero-order chi connectivity index (χ0) is 20.6. The first-order valence-corrected chi connectivity index (χ1v) is 9.31. The third-order valence-electron chi connectivity index (χ3n) is 4.46. The van der Waals surface area contributed by atoms with Crippen LogP contribution in [0.2, 0.25) is 0 Å². The highest BCUT2D eigenvalue weighted by molar-refractivity contribution is 6.10. The number of halogens is 1. The Kier molecular flexibility index (Phi) is 7.02. The number of benzene rings is 2. The van der Waals surface area contributed by atoms with Crippen LogP contribution in [-0.4, -0.2) is 45.3 Å². The standard InChI is InChI=1S/C21H24FN3O4/c1-27-18-10-9-16(12-19(18)28-2)24-21(23-13-17-4-3-11-29-17)25-20(26)14-5-7-15(22)8-6-14/h5-10,12,17H,3-4,11,13H2,1-2H3,(H2,23,24,25,26). The number of carbonyl (C=O) groups excluding carboxylic acids is 1. The molecule has 2 N–H and O–H groups in total. The van der Waals surface area contributed by atoms with Crippen LogP contribution in [0.15, 0.2) is 47.5 Å². The summed E-state index contributed by atoms with van der Waals surface area (Å²) in [4.78, 5) is 17.0. The fraction of sp³-hybridized carbons (Fsp3) is 0.333. The van der Waals surface area contributed by atoms with Gasteiger partial charge in [-0.15, -0.1) is 0 Å². The summed E-state index contributed by atoms with van der Waals surface area (Å²) in [6, 6.07) is 10.6. The van der Waals surface area contributed by atoms with E-state index in [0.717, 1.165) is 19.4 Å². The molecule has 8 heteroatoms. The third-order valence-corrected chi connectivity index (χ3v) is 4.46. The second kappa shape index (κ2) is 9.88. The molecule has 3 rings (SSSR count). The summed E-state index contributed by atoms with van der Waals surface area (Å²) >= 11 is 0. The molecule has 1 amide bonds. The number of guanidine groups is 1. The summed E-state index contributed by atoms with van der Waals surface area (Å²) in [6.45, 7) is 1.14. The smallest absolute Gasteiger partial charge is 0.257 e. The number of anilines is 1. The molecule has 0 spiro atoms. The van der Waals surface area contributed by atoms with Gasteiger partial charge in [-0.1, -0.05) is 0 Å². The Labute approximate surface area is 168 Å². The zero-order valence-electron chi connectivity index (χ0n) is 16.4. The molecule has 0 aromatic heterocycles. The number of ether oxygens (including phenoxy) is 3. The molecule has 1 atom stereocenters. The number of methoxy groups -OCH3 is 2. The first-order valence-electron chi connectivity index (χ1n) is 9.31. The molecule has 1 saturated heterocycles. The van der Waals surface area contributed by atoms with Crippen LogP contribution in [0.25, 0.3) is 0 Å². The van der Waals surface area contributed by atoms with Gasteiger partial charge in [0.1, 0.15) is 5.82 Å². The molecule has 0 radical (unpaired) electrons. The fourth-order valence-electron chi connectivity index (χ4n) is 2.92. The van der Waals surface area contributed by atoms with Crippen molar-refractivity contribution in [3.8, 4) is 11.5 Å². The van der Waals surface area contributed by atoms with Crippen LogP contribution in [-0.2, 0) is 4.74 Å². The van der Waals surface area contributed by atoms with Crippen LogP contribution in [0.5, 0.6) is 11.5 Å². The lowest BCUT2D eigenvalue weighted by Gasteiger charge is -2.15. The molecule has 7 nitrogen and oxygen atoms in total. The highest BCUT2D eigenvalue weighted by atomic mass is 19.1. The number of rotatable bonds is 6. The summed E-state index contributed by atoms with van der Waals surface area (Å²) in [5.41, 5.74) is 0.985. The van der Waals surface area contributed by atoms with Crippen molar-refractivity contribution < 1.29 is 23.4 Å². The minimum Gasteiger partial charge on any atom is -0.493 e. The van der Waals surface area contributed by atoms with Gasteiger partial charge in [-0.3, -0.25) is 10.1 Å². The van der Waals surface area contributed by atoms with Crippen LogP contribution in [0.3, 0.4) is 0 Å². The number of aliphatic imine (C=N–C) groups is 1. The van der Waals surface area contributed by atoms with E-state index in [1.807, 2.05) is 0 Å². The van der Waals surface area contributed by atoms with Crippen molar-refractivity contribution in [1.82, 2.24) is 5.32 Å². The van der Waals surface area contributed by atoms with Gasteiger partial charge in [-0.05, 0) is 49.2 Å². The molecule has 2 aromatic carbocycles. The summed E-state index contributed by atoms with van der Waals surface area (Å²) < 4.78 is 29.3. The molecular formula is C21H24FN3O4. The average molecular weight is 401 g/mol. The van der Waals surface area contributed by atoms with Gasteiger partial charge in [-0.2, -0.15) is 0 Å². The van der Waals surface area contributed by atoms with E-state index in [1.165, 1.54) is 24.3 Å². The van der Waals surface area contributed by atoms with E-state index >= 15 is 0 Å². The maximum atomic E-state index is 13.1. The molecule has 154 valence electrons. The minimum atomic E-state index is -0.405. The normalized spacial score (nSPS) is 16.4. The van der Waals surface area contributed by atoms with E-state index in [0.29, 0.717) is 29.3 Å². The summed E-state index contributed by atoms with van der Waals surface area (Å²) in [6.07, 6.45) is 1.96. The number of nitrogens with zero attached hydrogens (tertiary/aromatic N) is 1. The van der Waals surface area contributed by atoms with Crippen LogP contribution in [0, 0.1) is 5.82 Å². The molecule has 0 bridgehead atoms. The monoisotopic (exact) mass is 401 g/mol. The van der Waals surface area contributed by atoms with E-state index in [-0.39, 0.29) is 12.1 Å².